The molecule has 4 rings (SSSR count). The molecule has 0 N–H and O–H groups in total. The van der Waals surface area contributed by atoms with Crippen LogP contribution in [0.2, 0.25) is 4.34 Å². The highest BCUT2D eigenvalue weighted by Gasteiger charge is 2.43. The summed E-state index contributed by atoms with van der Waals surface area (Å²) in [6.45, 7) is 6.12. The fourth-order valence-corrected chi connectivity index (χ4v) is 5.20. The summed E-state index contributed by atoms with van der Waals surface area (Å²) in [6.07, 6.45) is 6.14. The number of piperidine rings is 1. The van der Waals surface area contributed by atoms with E-state index in [0.717, 1.165) is 43.4 Å². The molecule has 0 saturated carbocycles. The first kappa shape index (κ1) is 15.6. The van der Waals surface area contributed by atoms with E-state index in [1.54, 1.807) is 11.3 Å². The summed E-state index contributed by atoms with van der Waals surface area (Å²) in [5.74, 6) is 0.460. The topological polar surface area (TPSA) is 30.3 Å². The van der Waals surface area contributed by atoms with Crippen molar-refractivity contribution in [3.05, 3.63) is 38.8 Å². The Bertz CT molecular complexity index is 703. The van der Waals surface area contributed by atoms with Gasteiger partial charge in [0.05, 0.1) is 22.7 Å². The summed E-state index contributed by atoms with van der Waals surface area (Å²) in [5, 5.41) is 4.26. The molecule has 4 nitrogen and oxygen atoms in total. The van der Waals surface area contributed by atoms with Crippen LogP contribution < -0.4 is 0 Å². The third-order valence-electron chi connectivity index (χ3n) is 5.11. The Labute approximate surface area is 146 Å². The maximum Gasteiger partial charge on any atom is 0.0967 e. The Morgan fingerprint density at radius 2 is 2.22 bits per heavy atom. The Morgan fingerprint density at radius 1 is 1.43 bits per heavy atom. The highest BCUT2D eigenvalue weighted by Crippen LogP contribution is 2.49. The van der Waals surface area contributed by atoms with Crippen LogP contribution in [0.5, 0.6) is 0 Å². The van der Waals surface area contributed by atoms with Gasteiger partial charge in [-0.15, -0.1) is 11.3 Å². The molecule has 124 valence electrons. The van der Waals surface area contributed by atoms with Crippen molar-refractivity contribution in [1.82, 2.24) is 14.7 Å². The van der Waals surface area contributed by atoms with Crippen LogP contribution in [0.3, 0.4) is 0 Å². The summed E-state index contributed by atoms with van der Waals surface area (Å²) in [5.41, 5.74) is 2.52. The summed E-state index contributed by atoms with van der Waals surface area (Å²) in [7, 11) is 1.97. The molecule has 1 fully saturated rings. The number of rotatable bonds is 2. The molecular weight excluding hydrogens is 330 g/mol. The minimum atomic E-state index is -0.114. The number of thiophene rings is 1. The van der Waals surface area contributed by atoms with Gasteiger partial charge in [-0.05, 0) is 24.5 Å². The first-order valence-corrected chi connectivity index (χ1v) is 9.39. The van der Waals surface area contributed by atoms with Gasteiger partial charge < -0.3 is 4.74 Å². The first-order valence-electron chi connectivity index (χ1n) is 8.19. The molecule has 0 aromatic carbocycles. The number of aromatic nitrogens is 2. The van der Waals surface area contributed by atoms with Crippen molar-refractivity contribution in [2.24, 2.45) is 7.05 Å². The van der Waals surface area contributed by atoms with E-state index in [2.05, 4.69) is 29.2 Å². The van der Waals surface area contributed by atoms with Crippen LogP contribution in [0.25, 0.3) is 0 Å². The number of likely N-dealkylation sites (tertiary alicyclic amines) is 1. The van der Waals surface area contributed by atoms with Crippen molar-refractivity contribution in [3.8, 4) is 0 Å². The fraction of sp³-hybridized carbons (Fsp3) is 0.588. The number of fused-ring (bicyclic) bond motifs is 2. The van der Waals surface area contributed by atoms with Gasteiger partial charge in [-0.3, -0.25) is 9.58 Å². The Hall–Kier alpha value is -0.880. The number of nitrogens with zero attached hydrogens (tertiary/aromatic N) is 3. The average Bonchev–Trinajstić information content (AvgIpc) is 3.12. The molecule has 2 aromatic heterocycles. The van der Waals surface area contributed by atoms with Crippen molar-refractivity contribution >= 4 is 22.9 Å². The van der Waals surface area contributed by atoms with Crippen molar-refractivity contribution in [1.29, 1.82) is 0 Å². The highest BCUT2D eigenvalue weighted by molar-refractivity contribution is 7.16. The third kappa shape index (κ3) is 2.84. The van der Waals surface area contributed by atoms with Gasteiger partial charge >= 0.3 is 0 Å². The average molecular weight is 352 g/mol. The van der Waals surface area contributed by atoms with Gasteiger partial charge in [-0.1, -0.05) is 18.5 Å². The van der Waals surface area contributed by atoms with E-state index in [0.29, 0.717) is 5.92 Å². The second-order valence-corrected chi connectivity index (χ2v) is 8.55. The molecule has 0 bridgehead atoms. The molecule has 2 aliphatic rings. The van der Waals surface area contributed by atoms with Crippen LogP contribution in [-0.2, 0) is 23.9 Å². The zero-order chi connectivity index (χ0) is 16.0. The van der Waals surface area contributed by atoms with Gasteiger partial charge in [-0.25, -0.2) is 0 Å². The molecule has 0 radical (unpaired) electrons. The number of aryl methyl sites for hydroxylation is 1. The van der Waals surface area contributed by atoms with Gasteiger partial charge in [0, 0.05) is 49.2 Å². The van der Waals surface area contributed by atoms with Gasteiger partial charge in [0.15, 0.2) is 0 Å². The van der Waals surface area contributed by atoms with E-state index in [-0.39, 0.29) is 5.60 Å². The number of hydrogen-bond donors (Lipinski definition) is 0. The molecule has 1 spiro atoms. The molecule has 23 heavy (non-hydrogen) atoms. The molecule has 6 heteroatoms. The highest BCUT2D eigenvalue weighted by atomic mass is 35.5. The maximum absolute atomic E-state index is 6.37. The molecule has 1 unspecified atom stereocenters. The van der Waals surface area contributed by atoms with Crippen LogP contribution in [0.4, 0.5) is 0 Å². The molecule has 2 aliphatic heterocycles. The SMILES string of the molecule is CC1COC2(CCN(Cc3cnn(C)c3)CC2)c2cc(Cl)sc21. The molecule has 0 amide bonds. The van der Waals surface area contributed by atoms with Crippen LogP contribution >= 0.6 is 22.9 Å². The Morgan fingerprint density at radius 3 is 2.91 bits per heavy atom. The Kier molecular flexibility index (Phi) is 4.00. The van der Waals surface area contributed by atoms with E-state index in [1.165, 1.54) is 16.0 Å². The standard InChI is InChI=1S/C17H22ClN3OS/c1-12-11-22-17(14-7-15(18)23-16(12)14)3-5-21(6-4-17)10-13-8-19-20(2)9-13/h7-9,12H,3-6,10-11H2,1-2H3. The lowest BCUT2D eigenvalue weighted by Crippen LogP contribution is -2.46. The monoisotopic (exact) mass is 351 g/mol. The normalized spacial score (nSPS) is 24.0. The summed E-state index contributed by atoms with van der Waals surface area (Å²) >= 11 is 8.03. The number of ether oxygens (including phenoxy) is 1. The number of hydrogen-bond acceptors (Lipinski definition) is 4. The quantitative estimate of drug-likeness (QED) is 0.825. The number of halogens is 1. The Balaban J connectivity index is 1.49. The largest absolute Gasteiger partial charge is 0.369 e. The van der Waals surface area contributed by atoms with Crippen molar-refractivity contribution in [3.63, 3.8) is 0 Å². The molecule has 1 atom stereocenters. The van der Waals surface area contributed by atoms with Crippen LogP contribution in [0, 0.1) is 0 Å². The summed E-state index contributed by atoms with van der Waals surface area (Å²) in [4.78, 5) is 3.93. The fourth-order valence-electron chi connectivity index (χ4n) is 3.83. The lowest BCUT2D eigenvalue weighted by Gasteiger charge is -2.45. The lowest BCUT2D eigenvalue weighted by molar-refractivity contribution is -0.104. The van der Waals surface area contributed by atoms with Crippen molar-refractivity contribution in [2.75, 3.05) is 19.7 Å². The predicted octanol–water partition coefficient (Wildman–Crippen LogP) is 3.76. The zero-order valence-electron chi connectivity index (χ0n) is 13.6. The van der Waals surface area contributed by atoms with Crippen molar-refractivity contribution in [2.45, 2.75) is 37.8 Å². The van der Waals surface area contributed by atoms with Gasteiger partial charge in [-0.2, -0.15) is 5.10 Å². The molecule has 1 saturated heterocycles. The predicted molar refractivity (Wildman–Crippen MR) is 93.1 cm³/mol. The van der Waals surface area contributed by atoms with Crippen LogP contribution in [-0.4, -0.2) is 34.4 Å². The lowest BCUT2D eigenvalue weighted by atomic mass is 9.80. The molecule has 2 aromatic rings. The van der Waals surface area contributed by atoms with E-state index in [9.17, 15) is 0 Å². The molecule has 4 heterocycles. The molecular formula is C17H22ClN3OS. The second kappa shape index (κ2) is 5.88. The van der Waals surface area contributed by atoms with Crippen molar-refractivity contribution < 1.29 is 4.74 Å². The van der Waals surface area contributed by atoms with Crippen LogP contribution in [0.1, 0.15) is 41.7 Å². The van der Waals surface area contributed by atoms with Gasteiger partial charge in [0.25, 0.3) is 0 Å². The maximum atomic E-state index is 6.37. The summed E-state index contributed by atoms with van der Waals surface area (Å²) < 4.78 is 9.13. The van der Waals surface area contributed by atoms with E-state index in [4.69, 9.17) is 16.3 Å². The van der Waals surface area contributed by atoms with E-state index in [1.807, 2.05) is 17.9 Å². The smallest absolute Gasteiger partial charge is 0.0967 e. The zero-order valence-corrected chi connectivity index (χ0v) is 15.2. The van der Waals surface area contributed by atoms with Gasteiger partial charge in [0.2, 0.25) is 0 Å². The van der Waals surface area contributed by atoms with Gasteiger partial charge in [0.1, 0.15) is 0 Å². The molecule has 0 aliphatic carbocycles. The third-order valence-corrected chi connectivity index (χ3v) is 6.60. The van der Waals surface area contributed by atoms with E-state index >= 15 is 0 Å². The minimum absolute atomic E-state index is 0.114. The van der Waals surface area contributed by atoms with E-state index < -0.39 is 0 Å². The minimum Gasteiger partial charge on any atom is -0.369 e. The second-order valence-electron chi connectivity index (χ2n) is 6.83. The summed E-state index contributed by atoms with van der Waals surface area (Å²) in [6, 6.07) is 2.15. The first-order chi connectivity index (χ1) is 11.1. The van der Waals surface area contributed by atoms with Crippen LogP contribution in [0.15, 0.2) is 18.5 Å².